The monoisotopic (exact) mass is 480 g/mol. The molecule has 2 amide bonds. The molecular formula is C27H18F2N6O. The minimum absolute atomic E-state index is 0.262. The fourth-order valence-corrected chi connectivity index (χ4v) is 4.20. The molecule has 9 heteroatoms. The van der Waals surface area contributed by atoms with E-state index in [9.17, 15) is 13.6 Å². The molecule has 3 aromatic heterocycles. The minimum atomic E-state index is -0.373. The lowest BCUT2D eigenvalue weighted by atomic mass is 10.0. The maximum Gasteiger partial charge on any atom is 0.322 e. The van der Waals surface area contributed by atoms with Crippen LogP contribution in [0.15, 0.2) is 79.3 Å². The van der Waals surface area contributed by atoms with Crippen molar-refractivity contribution in [2.75, 3.05) is 5.32 Å². The van der Waals surface area contributed by atoms with Crippen molar-refractivity contribution in [2.45, 2.75) is 13.1 Å². The molecule has 0 spiro atoms. The summed E-state index contributed by atoms with van der Waals surface area (Å²) >= 11 is 0. The van der Waals surface area contributed by atoms with Crippen LogP contribution in [0.4, 0.5) is 19.3 Å². The summed E-state index contributed by atoms with van der Waals surface area (Å²) in [7, 11) is 0. The number of nitrogens with one attached hydrogen (secondary N) is 1. The number of carbonyl (C=O) groups is 1. The van der Waals surface area contributed by atoms with E-state index < -0.39 is 0 Å². The zero-order valence-electron chi connectivity index (χ0n) is 18.8. The number of carbonyl (C=O) groups excluding carboxylic acids is 1. The number of nitrogens with zero attached hydrogens (tertiary/aromatic N) is 5. The van der Waals surface area contributed by atoms with E-state index in [4.69, 9.17) is 4.98 Å². The Morgan fingerprint density at radius 2 is 1.44 bits per heavy atom. The Bertz CT molecular complexity index is 1580. The molecule has 0 unspecified atom stereocenters. The third-order valence-corrected chi connectivity index (χ3v) is 6.02. The fourth-order valence-electron chi connectivity index (χ4n) is 4.20. The van der Waals surface area contributed by atoms with Crippen molar-refractivity contribution >= 4 is 22.9 Å². The largest absolute Gasteiger partial charge is 0.322 e. The van der Waals surface area contributed by atoms with E-state index in [1.54, 1.807) is 47.6 Å². The first-order chi connectivity index (χ1) is 17.5. The zero-order chi connectivity index (χ0) is 24.6. The second-order valence-corrected chi connectivity index (χ2v) is 8.43. The molecule has 4 heterocycles. The number of anilines is 1. The van der Waals surface area contributed by atoms with Gasteiger partial charge in [0.1, 0.15) is 17.2 Å². The van der Waals surface area contributed by atoms with Gasteiger partial charge >= 0.3 is 6.03 Å². The average Bonchev–Trinajstić information content (AvgIpc) is 3.34. The molecule has 7 nitrogen and oxygen atoms in total. The second-order valence-electron chi connectivity index (χ2n) is 8.43. The van der Waals surface area contributed by atoms with Crippen molar-refractivity contribution in [1.82, 2.24) is 24.8 Å². The van der Waals surface area contributed by atoms with Gasteiger partial charge in [-0.2, -0.15) is 0 Å². The molecule has 0 atom stereocenters. The van der Waals surface area contributed by atoms with E-state index in [0.717, 1.165) is 11.1 Å². The van der Waals surface area contributed by atoms with Crippen LogP contribution in [-0.2, 0) is 13.1 Å². The van der Waals surface area contributed by atoms with E-state index in [1.807, 2.05) is 6.07 Å². The number of halogens is 2. The van der Waals surface area contributed by atoms with Gasteiger partial charge in [-0.15, -0.1) is 0 Å². The number of rotatable bonds is 3. The molecule has 5 aromatic rings. The summed E-state index contributed by atoms with van der Waals surface area (Å²) in [5, 5.41) is 2.88. The third kappa shape index (κ3) is 4.11. The van der Waals surface area contributed by atoms with Crippen molar-refractivity contribution in [3.63, 3.8) is 0 Å². The van der Waals surface area contributed by atoms with Crippen molar-refractivity contribution in [3.05, 3.63) is 102 Å². The first kappa shape index (κ1) is 21.7. The minimum Gasteiger partial charge on any atom is -0.316 e. The molecule has 0 fully saturated rings. The SMILES string of the molecule is O=C(Nc1cnc2nc(-c3ccc(F)cc3)c(-c3ccc(F)cc3)nc2c1)N1Cc2ccncc2C1. The van der Waals surface area contributed by atoms with Crippen LogP contribution in [0.25, 0.3) is 33.7 Å². The van der Waals surface area contributed by atoms with Gasteiger partial charge in [0, 0.05) is 36.6 Å². The van der Waals surface area contributed by atoms with Gasteiger partial charge in [-0.25, -0.2) is 28.5 Å². The number of hydrogen-bond acceptors (Lipinski definition) is 5. The van der Waals surface area contributed by atoms with Crippen LogP contribution in [-0.4, -0.2) is 30.9 Å². The summed E-state index contributed by atoms with van der Waals surface area (Å²) in [5.74, 6) is -0.742. The highest BCUT2D eigenvalue weighted by Crippen LogP contribution is 2.31. The van der Waals surface area contributed by atoms with Crippen molar-refractivity contribution in [2.24, 2.45) is 0 Å². The van der Waals surface area contributed by atoms with E-state index in [2.05, 4.69) is 20.3 Å². The van der Waals surface area contributed by atoms with Gasteiger partial charge in [0.25, 0.3) is 0 Å². The first-order valence-electron chi connectivity index (χ1n) is 11.2. The van der Waals surface area contributed by atoms with Crippen LogP contribution in [0.2, 0.25) is 0 Å². The van der Waals surface area contributed by atoms with Gasteiger partial charge in [-0.05, 0) is 71.8 Å². The summed E-state index contributed by atoms with van der Waals surface area (Å²) in [6.45, 7) is 0.978. The molecule has 36 heavy (non-hydrogen) atoms. The Balaban J connectivity index is 1.36. The van der Waals surface area contributed by atoms with Crippen LogP contribution < -0.4 is 5.32 Å². The Hall–Kier alpha value is -4.79. The van der Waals surface area contributed by atoms with Crippen molar-refractivity contribution < 1.29 is 13.6 Å². The molecule has 0 radical (unpaired) electrons. The van der Waals surface area contributed by atoms with Gasteiger partial charge < -0.3 is 10.2 Å². The number of amides is 2. The molecule has 0 aliphatic carbocycles. The number of benzene rings is 2. The predicted molar refractivity (Wildman–Crippen MR) is 131 cm³/mol. The highest BCUT2D eigenvalue weighted by Gasteiger charge is 2.23. The van der Waals surface area contributed by atoms with Gasteiger partial charge in [-0.1, -0.05) is 0 Å². The maximum atomic E-state index is 13.6. The first-order valence-corrected chi connectivity index (χ1v) is 11.2. The molecular weight excluding hydrogens is 462 g/mol. The van der Waals surface area contributed by atoms with Crippen LogP contribution in [0.5, 0.6) is 0 Å². The summed E-state index contributed by atoms with van der Waals surface area (Å²) in [6, 6.07) is 15.1. The van der Waals surface area contributed by atoms with Crippen molar-refractivity contribution in [1.29, 1.82) is 0 Å². The summed E-state index contributed by atoms with van der Waals surface area (Å²) in [6.07, 6.45) is 5.00. The molecule has 176 valence electrons. The van der Waals surface area contributed by atoms with Gasteiger partial charge in [0.15, 0.2) is 5.65 Å². The lowest BCUT2D eigenvalue weighted by Gasteiger charge is -2.16. The fraction of sp³-hybridized carbons (Fsp3) is 0.0741. The Labute approximate surface area is 204 Å². The summed E-state index contributed by atoms with van der Waals surface area (Å²) in [5.41, 5.74) is 5.63. The molecule has 0 saturated carbocycles. The van der Waals surface area contributed by atoms with Gasteiger partial charge in [0.2, 0.25) is 0 Å². The molecule has 0 saturated heterocycles. The maximum absolute atomic E-state index is 13.6. The third-order valence-electron chi connectivity index (χ3n) is 6.02. The van der Waals surface area contributed by atoms with Crippen LogP contribution in [0.1, 0.15) is 11.1 Å². The highest BCUT2D eigenvalue weighted by molar-refractivity contribution is 5.92. The van der Waals surface area contributed by atoms with E-state index in [-0.39, 0.29) is 17.7 Å². The molecule has 6 rings (SSSR count). The smallest absolute Gasteiger partial charge is 0.316 e. The van der Waals surface area contributed by atoms with Gasteiger partial charge in [-0.3, -0.25) is 4.98 Å². The molecule has 0 bridgehead atoms. The molecule has 1 N–H and O–H groups in total. The number of fused-ring (bicyclic) bond motifs is 2. The standard InChI is InChI=1S/C27H18F2N6O/c28-20-5-1-16(2-6-20)24-25(17-3-7-21(29)8-4-17)34-26-23(33-24)11-22(13-31-26)32-27(36)35-14-18-9-10-30-12-19(18)15-35/h1-13H,14-15H2,(H,32,36). The van der Waals surface area contributed by atoms with Crippen LogP contribution in [0.3, 0.4) is 0 Å². The molecule has 2 aromatic carbocycles. The average molecular weight is 480 g/mol. The molecule has 1 aliphatic rings. The van der Waals surface area contributed by atoms with E-state index >= 15 is 0 Å². The molecule has 1 aliphatic heterocycles. The number of pyridine rings is 2. The van der Waals surface area contributed by atoms with E-state index in [1.165, 1.54) is 30.5 Å². The van der Waals surface area contributed by atoms with Gasteiger partial charge in [0.05, 0.1) is 23.3 Å². The van der Waals surface area contributed by atoms with Crippen LogP contribution in [0, 0.1) is 11.6 Å². The Morgan fingerprint density at radius 3 is 2.11 bits per heavy atom. The number of hydrogen-bond donors (Lipinski definition) is 1. The Kier molecular flexibility index (Phi) is 5.29. The summed E-state index contributed by atoms with van der Waals surface area (Å²) < 4.78 is 27.1. The Morgan fingerprint density at radius 1 is 0.806 bits per heavy atom. The van der Waals surface area contributed by atoms with Crippen LogP contribution >= 0.6 is 0 Å². The zero-order valence-corrected chi connectivity index (χ0v) is 18.8. The lowest BCUT2D eigenvalue weighted by Crippen LogP contribution is -2.30. The van der Waals surface area contributed by atoms with E-state index in [0.29, 0.717) is 52.5 Å². The second kappa shape index (κ2) is 8.77. The number of urea groups is 1. The quantitative estimate of drug-likeness (QED) is 0.365. The van der Waals surface area contributed by atoms with Crippen molar-refractivity contribution in [3.8, 4) is 22.5 Å². The normalized spacial score (nSPS) is 12.6. The predicted octanol–water partition coefficient (Wildman–Crippen LogP) is 5.58. The topological polar surface area (TPSA) is 83.9 Å². The summed E-state index contributed by atoms with van der Waals surface area (Å²) in [4.78, 5) is 32.5. The highest BCUT2D eigenvalue weighted by atomic mass is 19.1. The lowest BCUT2D eigenvalue weighted by molar-refractivity contribution is 0.212. The number of aromatic nitrogens is 4.